The Morgan fingerprint density at radius 2 is 1.75 bits per heavy atom. The molecule has 2 aliphatic carbocycles. The number of hydrogen-bond donors (Lipinski definition) is 1. The fraction of sp³-hybridized carbons (Fsp3) is 1.00. The zero-order chi connectivity index (χ0) is 11.5. The van der Waals surface area contributed by atoms with Gasteiger partial charge in [0.1, 0.15) is 0 Å². The highest BCUT2D eigenvalue weighted by Gasteiger charge is 2.33. The highest BCUT2D eigenvalue weighted by molar-refractivity contribution is 4.87. The summed E-state index contributed by atoms with van der Waals surface area (Å²) in [5.74, 6) is 0.929. The van der Waals surface area contributed by atoms with Crippen LogP contribution in [0.25, 0.3) is 0 Å². The smallest absolute Gasteiger partial charge is 0.0695 e. The number of aliphatic hydroxyl groups excluding tert-OH is 1. The zero-order valence-corrected chi connectivity index (χ0v) is 10.9. The second-order valence-electron chi connectivity index (χ2n) is 6.01. The Labute approximate surface area is 100 Å². The molecule has 2 rings (SSSR count). The average molecular weight is 225 g/mol. The topological polar surface area (TPSA) is 23.5 Å². The Balaban J connectivity index is 1.97. The molecule has 2 nitrogen and oxygen atoms in total. The number of rotatable bonds is 4. The monoisotopic (exact) mass is 225 g/mol. The van der Waals surface area contributed by atoms with Crippen LogP contribution in [0, 0.1) is 5.92 Å². The van der Waals surface area contributed by atoms with E-state index in [1.54, 1.807) is 0 Å². The molecule has 2 heteroatoms. The van der Waals surface area contributed by atoms with Crippen LogP contribution in [-0.4, -0.2) is 34.7 Å². The summed E-state index contributed by atoms with van der Waals surface area (Å²) in [7, 11) is 0. The molecule has 0 aromatic carbocycles. The van der Waals surface area contributed by atoms with E-state index in [0.717, 1.165) is 12.3 Å². The molecular formula is C14H27NO. The summed E-state index contributed by atoms with van der Waals surface area (Å²) < 4.78 is 0. The minimum Gasteiger partial charge on any atom is -0.391 e. The minimum absolute atomic E-state index is 0.0800. The van der Waals surface area contributed by atoms with Crippen molar-refractivity contribution in [2.75, 3.05) is 6.54 Å². The number of aliphatic hydroxyl groups is 1. The van der Waals surface area contributed by atoms with Gasteiger partial charge in [-0.25, -0.2) is 0 Å². The van der Waals surface area contributed by atoms with Crippen LogP contribution < -0.4 is 0 Å². The van der Waals surface area contributed by atoms with Gasteiger partial charge in [0.2, 0.25) is 0 Å². The lowest BCUT2D eigenvalue weighted by molar-refractivity contribution is 0.0244. The van der Waals surface area contributed by atoms with Crippen molar-refractivity contribution < 1.29 is 5.11 Å². The van der Waals surface area contributed by atoms with Crippen LogP contribution in [-0.2, 0) is 0 Å². The first kappa shape index (κ1) is 12.4. The van der Waals surface area contributed by atoms with Gasteiger partial charge in [0.25, 0.3) is 0 Å². The maximum atomic E-state index is 10.3. The summed E-state index contributed by atoms with van der Waals surface area (Å²) >= 11 is 0. The minimum atomic E-state index is -0.0800. The first-order valence-corrected chi connectivity index (χ1v) is 7.12. The van der Waals surface area contributed by atoms with E-state index >= 15 is 0 Å². The largest absolute Gasteiger partial charge is 0.391 e. The van der Waals surface area contributed by atoms with Crippen molar-refractivity contribution in [3.63, 3.8) is 0 Å². The maximum absolute atomic E-state index is 10.3. The summed E-state index contributed by atoms with van der Waals surface area (Å²) in [6.07, 6.45) is 8.78. The first-order valence-electron chi connectivity index (χ1n) is 7.12. The normalized spacial score (nSPS) is 32.1. The van der Waals surface area contributed by atoms with Crippen molar-refractivity contribution in [1.82, 2.24) is 4.90 Å². The molecule has 0 spiro atoms. The molecule has 0 amide bonds. The van der Waals surface area contributed by atoms with Gasteiger partial charge in [-0.1, -0.05) is 19.3 Å². The molecule has 0 aromatic rings. The van der Waals surface area contributed by atoms with E-state index in [4.69, 9.17) is 0 Å². The maximum Gasteiger partial charge on any atom is 0.0695 e. The number of hydrogen-bond acceptors (Lipinski definition) is 2. The molecule has 2 aliphatic rings. The molecule has 0 aliphatic heterocycles. The quantitative estimate of drug-likeness (QED) is 0.744. The Hall–Kier alpha value is -0.0800. The second-order valence-corrected chi connectivity index (χ2v) is 6.01. The lowest BCUT2D eigenvalue weighted by Gasteiger charge is -2.37. The molecule has 0 aromatic heterocycles. The van der Waals surface area contributed by atoms with Crippen molar-refractivity contribution in [2.24, 2.45) is 5.92 Å². The molecule has 1 N–H and O–H groups in total. The summed E-state index contributed by atoms with van der Waals surface area (Å²) in [4.78, 5) is 2.58. The molecule has 0 saturated heterocycles. The molecule has 94 valence electrons. The molecule has 2 unspecified atom stereocenters. The molecule has 16 heavy (non-hydrogen) atoms. The third-order valence-electron chi connectivity index (χ3n) is 4.20. The van der Waals surface area contributed by atoms with E-state index in [1.807, 2.05) is 0 Å². The van der Waals surface area contributed by atoms with Crippen LogP contribution in [0.5, 0.6) is 0 Å². The Bertz CT molecular complexity index is 213. The van der Waals surface area contributed by atoms with E-state index in [-0.39, 0.29) is 6.10 Å². The van der Waals surface area contributed by atoms with Gasteiger partial charge in [0, 0.05) is 18.6 Å². The highest BCUT2D eigenvalue weighted by atomic mass is 16.3. The molecule has 0 bridgehead atoms. The summed E-state index contributed by atoms with van der Waals surface area (Å²) in [5.41, 5.74) is 0. The summed E-state index contributed by atoms with van der Waals surface area (Å²) in [6.45, 7) is 5.78. The van der Waals surface area contributed by atoms with Crippen LogP contribution >= 0.6 is 0 Å². The molecule has 0 radical (unpaired) electrons. The summed E-state index contributed by atoms with van der Waals surface area (Å²) in [6, 6.07) is 1.02. The highest BCUT2D eigenvalue weighted by Crippen LogP contribution is 2.33. The predicted molar refractivity (Wildman–Crippen MR) is 67.4 cm³/mol. The predicted octanol–water partition coefficient (Wildman–Crippen LogP) is 2.80. The second kappa shape index (κ2) is 5.50. The lowest BCUT2D eigenvalue weighted by atomic mass is 10.0. The number of nitrogens with zero attached hydrogens (tertiary/aromatic N) is 1. The zero-order valence-electron chi connectivity index (χ0n) is 10.9. The Kier molecular flexibility index (Phi) is 4.26. The fourth-order valence-electron chi connectivity index (χ4n) is 2.98. The Morgan fingerprint density at radius 3 is 2.38 bits per heavy atom. The van der Waals surface area contributed by atoms with E-state index in [2.05, 4.69) is 18.7 Å². The molecule has 2 atom stereocenters. The third kappa shape index (κ3) is 3.21. The van der Waals surface area contributed by atoms with Crippen molar-refractivity contribution in [3.05, 3.63) is 0 Å². The lowest BCUT2D eigenvalue weighted by Crippen LogP contribution is -2.47. The molecule has 2 saturated carbocycles. The SMILES string of the molecule is CC(C)N(CC1CC1)C1CCCCCC1O. The van der Waals surface area contributed by atoms with Gasteiger partial charge < -0.3 is 5.11 Å². The van der Waals surface area contributed by atoms with Crippen LogP contribution in [0.3, 0.4) is 0 Å². The van der Waals surface area contributed by atoms with Gasteiger partial charge in [-0.2, -0.15) is 0 Å². The van der Waals surface area contributed by atoms with Gasteiger partial charge in [-0.05, 0) is 45.4 Å². The van der Waals surface area contributed by atoms with Crippen molar-refractivity contribution >= 4 is 0 Å². The molecule has 0 heterocycles. The van der Waals surface area contributed by atoms with Gasteiger partial charge in [-0.15, -0.1) is 0 Å². The van der Waals surface area contributed by atoms with Crippen LogP contribution in [0.4, 0.5) is 0 Å². The van der Waals surface area contributed by atoms with Gasteiger partial charge in [0.15, 0.2) is 0 Å². The van der Waals surface area contributed by atoms with Crippen LogP contribution in [0.1, 0.15) is 58.8 Å². The van der Waals surface area contributed by atoms with Gasteiger partial charge in [-0.3, -0.25) is 4.90 Å². The molecule has 2 fully saturated rings. The van der Waals surface area contributed by atoms with E-state index < -0.39 is 0 Å². The first-order chi connectivity index (χ1) is 7.68. The van der Waals surface area contributed by atoms with Crippen LogP contribution in [0.15, 0.2) is 0 Å². The fourth-order valence-corrected chi connectivity index (χ4v) is 2.98. The van der Waals surface area contributed by atoms with Crippen molar-refractivity contribution in [2.45, 2.75) is 77.0 Å². The van der Waals surface area contributed by atoms with E-state index in [1.165, 1.54) is 45.1 Å². The molecular weight excluding hydrogens is 198 g/mol. The Morgan fingerprint density at radius 1 is 1.06 bits per heavy atom. The summed E-state index contributed by atoms with van der Waals surface area (Å²) in [5, 5.41) is 10.3. The van der Waals surface area contributed by atoms with Crippen LogP contribution in [0.2, 0.25) is 0 Å². The van der Waals surface area contributed by atoms with Gasteiger partial charge in [0.05, 0.1) is 6.10 Å². The standard InChI is InChI=1S/C14H27NO/c1-11(2)15(10-12-8-9-12)13-6-4-3-5-7-14(13)16/h11-14,16H,3-10H2,1-2H3. The van der Waals surface area contributed by atoms with Crippen molar-refractivity contribution in [1.29, 1.82) is 0 Å². The van der Waals surface area contributed by atoms with E-state index in [0.29, 0.717) is 12.1 Å². The van der Waals surface area contributed by atoms with Crippen molar-refractivity contribution in [3.8, 4) is 0 Å². The average Bonchev–Trinajstić information content (AvgIpc) is 3.03. The van der Waals surface area contributed by atoms with E-state index in [9.17, 15) is 5.11 Å². The third-order valence-corrected chi connectivity index (χ3v) is 4.20. The van der Waals surface area contributed by atoms with Gasteiger partial charge >= 0.3 is 0 Å².